The molecular weight excluding hydrogens is 195 g/mol. The molecule has 1 aromatic carbocycles. The van der Waals surface area contributed by atoms with Gasteiger partial charge in [0.15, 0.2) is 6.29 Å². The molecule has 1 aliphatic heterocycles. The van der Waals surface area contributed by atoms with E-state index in [4.69, 9.17) is 9.47 Å². The van der Waals surface area contributed by atoms with Gasteiger partial charge in [-0.15, -0.1) is 0 Å². The Kier molecular flexibility index (Phi) is 3.69. The number of halogens is 1. The minimum Gasteiger partial charge on any atom is -0.350 e. The van der Waals surface area contributed by atoms with Crippen LogP contribution in [0.5, 0.6) is 0 Å². The maximum absolute atomic E-state index is 12.7. The standard InChI is InChI=1S/C12H15FO2/c13-11-6-7-12(15-9-11)14-8-10-4-2-1-3-5-10/h1-5,11-12H,6-9H2. The summed E-state index contributed by atoms with van der Waals surface area (Å²) in [5.41, 5.74) is 1.11. The third kappa shape index (κ3) is 3.29. The van der Waals surface area contributed by atoms with Crippen molar-refractivity contribution in [2.45, 2.75) is 31.9 Å². The Morgan fingerprint density at radius 2 is 2.07 bits per heavy atom. The largest absolute Gasteiger partial charge is 0.350 e. The molecular formula is C12H15FO2. The summed E-state index contributed by atoms with van der Waals surface area (Å²) >= 11 is 0. The predicted octanol–water partition coefficient (Wildman–Crippen LogP) is 2.68. The molecule has 0 radical (unpaired) electrons. The van der Waals surface area contributed by atoms with Gasteiger partial charge in [-0.1, -0.05) is 30.3 Å². The first-order valence-corrected chi connectivity index (χ1v) is 5.26. The van der Waals surface area contributed by atoms with E-state index >= 15 is 0 Å². The molecule has 0 aromatic heterocycles. The Bertz CT molecular complexity index is 281. The molecule has 2 atom stereocenters. The Hall–Kier alpha value is -0.930. The van der Waals surface area contributed by atoms with Gasteiger partial charge in [0.1, 0.15) is 6.17 Å². The molecule has 0 aliphatic carbocycles. The molecule has 0 N–H and O–H groups in total. The highest BCUT2D eigenvalue weighted by Gasteiger charge is 2.21. The summed E-state index contributed by atoms with van der Waals surface area (Å²) in [5.74, 6) is 0. The van der Waals surface area contributed by atoms with Crippen molar-refractivity contribution in [1.82, 2.24) is 0 Å². The maximum atomic E-state index is 12.7. The fourth-order valence-corrected chi connectivity index (χ4v) is 1.59. The van der Waals surface area contributed by atoms with Crippen molar-refractivity contribution in [2.24, 2.45) is 0 Å². The van der Waals surface area contributed by atoms with Crippen molar-refractivity contribution in [3.8, 4) is 0 Å². The Balaban J connectivity index is 1.74. The summed E-state index contributed by atoms with van der Waals surface area (Å²) in [6.07, 6.45) is 0.131. The average Bonchev–Trinajstić information content (AvgIpc) is 2.30. The third-order valence-corrected chi connectivity index (χ3v) is 2.46. The summed E-state index contributed by atoms with van der Waals surface area (Å²) < 4.78 is 23.5. The van der Waals surface area contributed by atoms with Crippen molar-refractivity contribution in [2.75, 3.05) is 6.61 Å². The smallest absolute Gasteiger partial charge is 0.158 e. The van der Waals surface area contributed by atoms with Crippen LogP contribution in [0.3, 0.4) is 0 Å². The van der Waals surface area contributed by atoms with E-state index in [1.807, 2.05) is 30.3 Å². The van der Waals surface area contributed by atoms with Gasteiger partial charge < -0.3 is 9.47 Å². The van der Waals surface area contributed by atoms with Crippen LogP contribution in [0.25, 0.3) is 0 Å². The summed E-state index contributed by atoms with van der Waals surface area (Å²) in [4.78, 5) is 0. The van der Waals surface area contributed by atoms with Gasteiger partial charge >= 0.3 is 0 Å². The highest BCUT2D eigenvalue weighted by Crippen LogP contribution is 2.17. The summed E-state index contributed by atoms with van der Waals surface area (Å²) in [5, 5.41) is 0. The van der Waals surface area contributed by atoms with E-state index in [0.29, 0.717) is 19.4 Å². The molecule has 2 rings (SSSR count). The number of alkyl halides is 1. The van der Waals surface area contributed by atoms with Gasteiger partial charge in [-0.25, -0.2) is 4.39 Å². The maximum Gasteiger partial charge on any atom is 0.158 e. The molecule has 0 saturated carbocycles. The van der Waals surface area contributed by atoms with Crippen molar-refractivity contribution in [3.63, 3.8) is 0 Å². The Morgan fingerprint density at radius 3 is 2.73 bits per heavy atom. The number of rotatable bonds is 3. The van der Waals surface area contributed by atoms with E-state index in [0.717, 1.165) is 5.56 Å². The molecule has 0 bridgehead atoms. The summed E-state index contributed by atoms with van der Waals surface area (Å²) in [6.45, 7) is 0.696. The zero-order valence-electron chi connectivity index (χ0n) is 8.56. The quantitative estimate of drug-likeness (QED) is 0.763. The van der Waals surface area contributed by atoms with Gasteiger partial charge in [-0.2, -0.15) is 0 Å². The summed E-state index contributed by atoms with van der Waals surface area (Å²) in [6, 6.07) is 9.91. The van der Waals surface area contributed by atoms with Crippen LogP contribution in [0.2, 0.25) is 0 Å². The molecule has 1 aliphatic rings. The molecule has 2 nitrogen and oxygen atoms in total. The molecule has 1 fully saturated rings. The van der Waals surface area contributed by atoms with Gasteiger partial charge in [0, 0.05) is 6.42 Å². The third-order valence-electron chi connectivity index (χ3n) is 2.46. The minimum atomic E-state index is -0.818. The molecule has 2 unspecified atom stereocenters. The fourth-order valence-electron chi connectivity index (χ4n) is 1.59. The van der Waals surface area contributed by atoms with Gasteiger partial charge in [-0.05, 0) is 12.0 Å². The van der Waals surface area contributed by atoms with E-state index in [2.05, 4.69) is 0 Å². The van der Waals surface area contributed by atoms with E-state index in [-0.39, 0.29) is 12.9 Å². The first-order chi connectivity index (χ1) is 7.34. The van der Waals surface area contributed by atoms with Crippen LogP contribution in [0.15, 0.2) is 30.3 Å². The van der Waals surface area contributed by atoms with Crippen LogP contribution >= 0.6 is 0 Å². The van der Waals surface area contributed by atoms with Crippen LogP contribution in [0, 0.1) is 0 Å². The second kappa shape index (κ2) is 5.24. The molecule has 3 heteroatoms. The summed E-state index contributed by atoms with van der Waals surface area (Å²) in [7, 11) is 0. The van der Waals surface area contributed by atoms with Crippen LogP contribution in [-0.4, -0.2) is 19.1 Å². The molecule has 1 saturated heterocycles. The van der Waals surface area contributed by atoms with Gasteiger partial charge in [0.2, 0.25) is 0 Å². The molecule has 0 spiro atoms. The second-order valence-corrected chi connectivity index (χ2v) is 3.73. The minimum absolute atomic E-state index is 0.166. The number of hydrogen-bond donors (Lipinski definition) is 0. The second-order valence-electron chi connectivity index (χ2n) is 3.73. The lowest BCUT2D eigenvalue weighted by Gasteiger charge is -2.24. The molecule has 82 valence electrons. The lowest BCUT2D eigenvalue weighted by Crippen LogP contribution is -2.28. The first-order valence-electron chi connectivity index (χ1n) is 5.26. The van der Waals surface area contributed by atoms with Crippen molar-refractivity contribution >= 4 is 0 Å². The zero-order chi connectivity index (χ0) is 10.5. The van der Waals surface area contributed by atoms with Gasteiger partial charge in [0.25, 0.3) is 0 Å². The first kappa shape index (κ1) is 10.6. The highest BCUT2D eigenvalue weighted by molar-refractivity contribution is 5.13. The topological polar surface area (TPSA) is 18.5 Å². The molecule has 1 aromatic rings. The monoisotopic (exact) mass is 210 g/mol. The van der Waals surface area contributed by atoms with Crippen LogP contribution in [0.1, 0.15) is 18.4 Å². The highest BCUT2D eigenvalue weighted by atomic mass is 19.1. The van der Waals surface area contributed by atoms with Gasteiger partial charge in [0.05, 0.1) is 13.2 Å². The lowest BCUT2D eigenvalue weighted by atomic mass is 10.2. The molecule has 0 amide bonds. The predicted molar refractivity (Wildman–Crippen MR) is 55.1 cm³/mol. The zero-order valence-corrected chi connectivity index (χ0v) is 8.56. The van der Waals surface area contributed by atoms with Crippen LogP contribution < -0.4 is 0 Å². The van der Waals surface area contributed by atoms with Crippen molar-refractivity contribution < 1.29 is 13.9 Å². The van der Waals surface area contributed by atoms with Crippen LogP contribution in [0.4, 0.5) is 4.39 Å². The Morgan fingerprint density at radius 1 is 1.27 bits per heavy atom. The van der Waals surface area contributed by atoms with Gasteiger partial charge in [-0.3, -0.25) is 0 Å². The van der Waals surface area contributed by atoms with Crippen molar-refractivity contribution in [1.29, 1.82) is 0 Å². The molecule has 1 heterocycles. The van der Waals surface area contributed by atoms with E-state index < -0.39 is 6.17 Å². The Labute approximate surface area is 89.0 Å². The van der Waals surface area contributed by atoms with E-state index in [9.17, 15) is 4.39 Å². The van der Waals surface area contributed by atoms with E-state index in [1.165, 1.54) is 0 Å². The normalized spacial score (nSPS) is 26.5. The number of hydrogen-bond acceptors (Lipinski definition) is 2. The van der Waals surface area contributed by atoms with E-state index in [1.54, 1.807) is 0 Å². The molecule has 15 heavy (non-hydrogen) atoms. The SMILES string of the molecule is FC1CCC(OCc2ccccc2)OC1. The van der Waals surface area contributed by atoms with Crippen LogP contribution in [-0.2, 0) is 16.1 Å². The van der Waals surface area contributed by atoms with Crippen molar-refractivity contribution in [3.05, 3.63) is 35.9 Å². The fraction of sp³-hybridized carbons (Fsp3) is 0.500. The number of ether oxygens (including phenoxy) is 2. The number of benzene rings is 1. The average molecular weight is 210 g/mol. The lowest BCUT2D eigenvalue weighted by molar-refractivity contribution is -0.183.